The molecule has 0 amide bonds. The average Bonchev–Trinajstić information content (AvgIpc) is 2.86. The van der Waals surface area contributed by atoms with Crippen LogP contribution in [0.5, 0.6) is 5.88 Å². The predicted molar refractivity (Wildman–Crippen MR) is 73.6 cm³/mol. The molecule has 0 bridgehead atoms. The van der Waals surface area contributed by atoms with Gasteiger partial charge in [-0.3, -0.25) is 0 Å². The maximum absolute atomic E-state index is 13.0. The van der Waals surface area contributed by atoms with Crippen molar-refractivity contribution in [2.45, 2.75) is 0 Å². The van der Waals surface area contributed by atoms with E-state index in [0.717, 1.165) is 10.9 Å². The third-order valence-corrected chi connectivity index (χ3v) is 3.48. The molecule has 4 nitrogen and oxygen atoms in total. The minimum atomic E-state index is -0.346. The number of hydrogen-bond acceptors (Lipinski definition) is 2. The van der Waals surface area contributed by atoms with Crippen LogP contribution in [0.4, 0.5) is 4.39 Å². The van der Waals surface area contributed by atoms with Crippen molar-refractivity contribution < 1.29 is 14.0 Å². The first-order chi connectivity index (χ1) is 10.2. The molecule has 0 aliphatic carbocycles. The lowest BCUT2D eigenvalue weighted by Gasteiger charge is -2.00. The third-order valence-electron chi connectivity index (χ3n) is 3.48. The summed E-state index contributed by atoms with van der Waals surface area (Å²) in [6.45, 7) is 0. The predicted octanol–water partition coefficient (Wildman–Crippen LogP) is 1.98. The summed E-state index contributed by atoms with van der Waals surface area (Å²) in [6.07, 6.45) is 0. The Balaban J connectivity index is 2.05. The fraction of sp³-hybridized carbons (Fsp3) is 0. The number of benzene rings is 2. The second-order valence-corrected chi connectivity index (χ2v) is 4.77. The summed E-state index contributed by atoms with van der Waals surface area (Å²) in [7, 11) is 0. The number of rotatable bonds is 1. The van der Waals surface area contributed by atoms with Crippen molar-refractivity contribution in [1.29, 1.82) is 0 Å². The van der Waals surface area contributed by atoms with Crippen LogP contribution < -0.4 is 9.62 Å². The van der Waals surface area contributed by atoms with E-state index in [2.05, 4.69) is 5.21 Å². The zero-order chi connectivity index (χ0) is 14.4. The molecular weight excluding hydrogens is 269 g/mol. The van der Waals surface area contributed by atoms with Crippen molar-refractivity contribution in [3.63, 3.8) is 0 Å². The van der Waals surface area contributed by atoms with E-state index >= 15 is 0 Å². The molecule has 4 aromatic rings. The maximum atomic E-state index is 13.0. The standard InChI is InChI=1S/C16H10FN3O/c17-12-6-8-13(9-7-12)19-16(21)15-10-5-11-3-1-2-4-14(11)20(15)18-19/h1-10H. The number of aromatic nitrogens is 3. The van der Waals surface area contributed by atoms with Crippen LogP contribution in [0, 0.1) is 5.82 Å². The van der Waals surface area contributed by atoms with Gasteiger partial charge in [0, 0.05) is 5.39 Å². The van der Waals surface area contributed by atoms with Gasteiger partial charge >= 0.3 is 0 Å². The maximum Gasteiger partial charge on any atom is 0.191 e. The van der Waals surface area contributed by atoms with Gasteiger partial charge in [-0.15, -0.1) is 4.68 Å². The van der Waals surface area contributed by atoms with Crippen LogP contribution in [0.3, 0.4) is 0 Å². The van der Waals surface area contributed by atoms with Crippen molar-refractivity contribution in [1.82, 2.24) is 9.90 Å². The van der Waals surface area contributed by atoms with Crippen molar-refractivity contribution in [2.75, 3.05) is 0 Å². The van der Waals surface area contributed by atoms with Crippen LogP contribution in [-0.2, 0) is 0 Å². The molecule has 0 saturated heterocycles. The molecule has 0 aliphatic rings. The van der Waals surface area contributed by atoms with Crippen LogP contribution >= 0.6 is 0 Å². The first-order valence-electron chi connectivity index (χ1n) is 6.50. The van der Waals surface area contributed by atoms with E-state index < -0.39 is 0 Å². The van der Waals surface area contributed by atoms with Crippen molar-refractivity contribution in [3.05, 3.63) is 66.5 Å². The monoisotopic (exact) mass is 279 g/mol. The Morgan fingerprint density at radius 1 is 0.905 bits per heavy atom. The molecule has 0 N–H and O–H groups in total. The molecule has 102 valence electrons. The molecule has 0 spiro atoms. The van der Waals surface area contributed by atoms with Crippen LogP contribution in [-0.4, -0.2) is 9.90 Å². The molecule has 0 aliphatic heterocycles. The summed E-state index contributed by atoms with van der Waals surface area (Å²) in [5.74, 6) is -0.576. The zero-order valence-electron chi connectivity index (χ0n) is 10.9. The number of fused-ring (bicyclic) bond motifs is 3. The number of pyridine rings is 1. The van der Waals surface area contributed by atoms with Gasteiger partial charge in [-0.25, -0.2) is 4.39 Å². The summed E-state index contributed by atoms with van der Waals surface area (Å²) >= 11 is 0. The van der Waals surface area contributed by atoms with Gasteiger partial charge in [0.05, 0.1) is 0 Å². The number of para-hydroxylation sites is 1. The summed E-state index contributed by atoms with van der Waals surface area (Å²) < 4.78 is 15.9. The summed E-state index contributed by atoms with van der Waals surface area (Å²) in [5, 5.41) is 17.8. The summed E-state index contributed by atoms with van der Waals surface area (Å²) in [4.78, 5) is 0. The number of nitrogens with zero attached hydrogens (tertiary/aromatic N) is 3. The molecular formula is C16H10FN3O. The Hall–Kier alpha value is -2.95. The zero-order valence-corrected chi connectivity index (χ0v) is 10.9. The Morgan fingerprint density at radius 2 is 1.67 bits per heavy atom. The first-order valence-corrected chi connectivity index (χ1v) is 6.50. The van der Waals surface area contributed by atoms with Crippen LogP contribution in [0.2, 0.25) is 0 Å². The van der Waals surface area contributed by atoms with E-state index in [1.165, 1.54) is 28.9 Å². The van der Waals surface area contributed by atoms with E-state index in [0.29, 0.717) is 11.2 Å². The van der Waals surface area contributed by atoms with E-state index in [1.807, 2.05) is 30.3 Å². The summed E-state index contributed by atoms with van der Waals surface area (Å²) in [5.41, 5.74) is 1.88. The highest BCUT2D eigenvalue weighted by Gasteiger charge is 2.16. The topological polar surface area (TPSA) is 45.0 Å². The second-order valence-electron chi connectivity index (χ2n) is 4.77. The molecule has 0 atom stereocenters. The van der Waals surface area contributed by atoms with Gasteiger partial charge in [0.1, 0.15) is 16.9 Å². The quantitative estimate of drug-likeness (QED) is 0.500. The summed E-state index contributed by atoms with van der Waals surface area (Å²) in [6, 6.07) is 17.0. The number of hydrogen-bond donors (Lipinski definition) is 0. The highest BCUT2D eigenvalue weighted by molar-refractivity contribution is 5.77. The smallest absolute Gasteiger partial charge is 0.191 e. The van der Waals surface area contributed by atoms with Crippen molar-refractivity contribution in [3.8, 4) is 11.6 Å². The molecule has 21 heavy (non-hydrogen) atoms. The van der Waals surface area contributed by atoms with Crippen molar-refractivity contribution in [2.24, 2.45) is 0 Å². The van der Waals surface area contributed by atoms with Crippen molar-refractivity contribution >= 4 is 16.4 Å². The molecule has 0 saturated carbocycles. The van der Waals surface area contributed by atoms with Crippen LogP contribution in [0.25, 0.3) is 22.1 Å². The molecule has 4 rings (SSSR count). The van der Waals surface area contributed by atoms with Gasteiger partial charge in [-0.1, -0.05) is 22.7 Å². The molecule has 0 unspecified atom stereocenters. The van der Waals surface area contributed by atoms with E-state index in [4.69, 9.17) is 0 Å². The molecule has 5 heteroatoms. The van der Waals surface area contributed by atoms with Gasteiger partial charge in [0.15, 0.2) is 16.7 Å². The van der Waals surface area contributed by atoms with E-state index in [1.54, 1.807) is 10.6 Å². The minimum absolute atomic E-state index is 0.229. The average molecular weight is 279 g/mol. The third kappa shape index (κ3) is 1.74. The van der Waals surface area contributed by atoms with Gasteiger partial charge in [-0.2, -0.15) is 0 Å². The first kappa shape index (κ1) is 11.8. The van der Waals surface area contributed by atoms with Gasteiger partial charge < -0.3 is 5.11 Å². The highest BCUT2D eigenvalue weighted by Crippen LogP contribution is 2.19. The SMILES string of the molecule is [O-]c1c2ccc3ccccc3[n+]2nn1-c1ccc(F)cc1. The van der Waals surface area contributed by atoms with Crippen LogP contribution in [0.15, 0.2) is 60.7 Å². The molecule has 0 radical (unpaired) electrons. The molecule has 2 heterocycles. The Morgan fingerprint density at radius 3 is 2.48 bits per heavy atom. The number of halogens is 1. The van der Waals surface area contributed by atoms with Gasteiger partial charge in [0.2, 0.25) is 0 Å². The fourth-order valence-electron chi connectivity index (χ4n) is 2.44. The molecule has 2 aromatic heterocycles. The normalized spacial score (nSPS) is 11.3. The van der Waals surface area contributed by atoms with Gasteiger partial charge in [-0.05, 0) is 42.5 Å². The highest BCUT2D eigenvalue weighted by atomic mass is 19.1. The second kappa shape index (κ2) is 4.28. The largest absolute Gasteiger partial charge is 0.837 e. The van der Waals surface area contributed by atoms with Crippen LogP contribution in [0.1, 0.15) is 0 Å². The minimum Gasteiger partial charge on any atom is -0.837 e. The lowest BCUT2D eigenvalue weighted by atomic mass is 10.2. The fourth-order valence-corrected chi connectivity index (χ4v) is 2.44. The Bertz CT molecular complexity index is 961. The Kier molecular flexibility index (Phi) is 2.41. The van der Waals surface area contributed by atoms with E-state index in [-0.39, 0.29) is 11.7 Å². The molecule has 2 aromatic carbocycles. The van der Waals surface area contributed by atoms with Gasteiger partial charge in [0.25, 0.3) is 0 Å². The van der Waals surface area contributed by atoms with E-state index in [9.17, 15) is 9.50 Å². The Labute approximate surface area is 119 Å². The lowest BCUT2D eigenvalue weighted by molar-refractivity contribution is -0.556. The molecule has 0 fully saturated rings. The lowest BCUT2D eigenvalue weighted by Crippen LogP contribution is -2.25.